The Morgan fingerprint density at radius 1 is 0.860 bits per heavy atom. The van der Waals surface area contributed by atoms with E-state index in [1.165, 1.54) is 36.4 Å². The monoisotopic (exact) mass is 645 g/mol. The molecule has 3 aromatic carbocycles. The molecule has 1 saturated heterocycles. The van der Waals surface area contributed by atoms with Crippen molar-refractivity contribution < 1.29 is 40.7 Å². The van der Waals surface area contributed by atoms with Gasteiger partial charge in [0.25, 0.3) is 11.8 Å². The number of benzene rings is 3. The highest BCUT2D eigenvalue weighted by molar-refractivity contribution is 6.42. The molecule has 1 fully saturated rings. The summed E-state index contributed by atoms with van der Waals surface area (Å²) < 4.78 is 80.9. The first-order valence-corrected chi connectivity index (χ1v) is 13.6. The second-order valence-corrected chi connectivity index (χ2v) is 10.6. The van der Waals surface area contributed by atoms with E-state index < -0.39 is 46.9 Å². The Balaban J connectivity index is 1.80. The molecule has 1 aliphatic heterocycles. The summed E-state index contributed by atoms with van der Waals surface area (Å²) in [5.74, 6) is -2.25. The summed E-state index contributed by atoms with van der Waals surface area (Å²) in [4.78, 5) is 39.8. The van der Waals surface area contributed by atoms with Crippen molar-refractivity contribution >= 4 is 46.6 Å². The molecule has 0 bridgehead atoms. The molecule has 43 heavy (non-hydrogen) atoms. The number of nitrogens with zero attached hydrogens (tertiary/aromatic N) is 1. The zero-order valence-corrected chi connectivity index (χ0v) is 23.8. The van der Waals surface area contributed by atoms with Gasteiger partial charge in [-0.15, -0.1) is 0 Å². The molecule has 1 atom stereocenters. The predicted octanol–water partition coefficient (Wildman–Crippen LogP) is 7.37. The maximum atomic E-state index is 13.5. The minimum absolute atomic E-state index is 0.0180. The van der Waals surface area contributed by atoms with Gasteiger partial charge in [0.1, 0.15) is 6.04 Å². The molecule has 3 aromatic rings. The highest BCUT2D eigenvalue weighted by atomic mass is 35.5. The lowest BCUT2D eigenvalue weighted by Crippen LogP contribution is -2.45. The SMILES string of the molecule is CN(C(=O)c1cc(C(F)(F)F)cc(C(F)(F)F)c1)c1cc(C(=O)N[C@H]2CCCCNC2=O)ccc1-c1ccc(Cl)c(Cl)c1. The first-order valence-electron chi connectivity index (χ1n) is 12.8. The lowest BCUT2D eigenvalue weighted by atomic mass is 9.99. The van der Waals surface area contributed by atoms with Crippen LogP contribution in [0.25, 0.3) is 11.1 Å². The minimum atomic E-state index is -5.16. The van der Waals surface area contributed by atoms with Crippen molar-refractivity contribution in [2.75, 3.05) is 18.5 Å². The third kappa shape index (κ3) is 7.42. The standard InChI is InChI=1S/C29H23Cl2F6N3O3/c1-40(27(43)17-10-18(28(32,33)34)14-19(11-17)29(35,36)37)24-13-16(25(41)39-23-4-2-3-9-38-26(23)42)5-7-20(24)15-6-8-21(30)22(31)12-15/h5-8,10-14,23H,2-4,9H2,1H3,(H,38,42)(H,39,41)/t23-/m0/s1. The number of alkyl halides is 6. The Kier molecular flexibility index (Phi) is 9.31. The zero-order valence-electron chi connectivity index (χ0n) is 22.3. The summed E-state index contributed by atoms with van der Waals surface area (Å²) in [5.41, 5.74) is -3.59. The number of hydrogen-bond donors (Lipinski definition) is 2. The van der Waals surface area contributed by atoms with Gasteiger partial charge in [-0.1, -0.05) is 35.3 Å². The summed E-state index contributed by atoms with van der Waals surface area (Å²) >= 11 is 12.2. The van der Waals surface area contributed by atoms with E-state index in [4.69, 9.17) is 23.2 Å². The quantitative estimate of drug-likeness (QED) is 0.284. The maximum absolute atomic E-state index is 13.5. The lowest BCUT2D eigenvalue weighted by Gasteiger charge is -2.24. The lowest BCUT2D eigenvalue weighted by molar-refractivity contribution is -0.143. The molecule has 0 aliphatic carbocycles. The minimum Gasteiger partial charge on any atom is -0.354 e. The van der Waals surface area contributed by atoms with E-state index in [1.807, 2.05) is 0 Å². The molecule has 2 N–H and O–H groups in total. The molecule has 228 valence electrons. The highest BCUT2D eigenvalue weighted by Gasteiger charge is 2.38. The van der Waals surface area contributed by atoms with E-state index in [-0.39, 0.29) is 38.8 Å². The van der Waals surface area contributed by atoms with Gasteiger partial charge in [0.05, 0.1) is 26.9 Å². The number of nitrogens with one attached hydrogen (secondary N) is 2. The van der Waals surface area contributed by atoms with Gasteiger partial charge in [-0.25, -0.2) is 0 Å². The normalized spacial score (nSPS) is 15.8. The smallest absolute Gasteiger partial charge is 0.354 e. The molecule has 1 aliphatic rings. The summed E-state index contributed by atoms with van der Waals surface area (Å²) in [7, 11) is 1.15. The van der Waals surface area contributed by atoms with E-state index in [0.29, 0.717) is 37.1 Å². The molecule has 1 heterocycles. The van der Waals surface area contributed by atoms with E-state index >= 15 is 0 Å². The summed E-state index contributed by atoms with van der Waals surface area (Å²) in [5, 5.41) is 5.67. The van der Waals surface area contributed by atoms with Crippen LogP contribution < -0.4 is 15.5 Å². The number of carbonyl (C=O) groups excluding carboxylic acids is 3. The van der Waals surface area contributed by atoms with Crippen LogP contribution in [0.2, 0.25) is 10.0 Å². The van der Waals surface area contributed by atoms with Crippen LogP contribution in [-0.4, -0.2) is 37.4 Å². The molecule has 4 rings (SSSR count). The topological polar surface area (TPSA) is 78.5 Å². The van der Waals surface area contributed by atoms with Gasteiger partial charge in [-0.3, -0.25) is 14.4 Å². The van der Waals surface area contributed by atoms with Crippen molar-refractivity contribution in [3.8, 4) is 11.1 Å². The van der Waals surface area contributed by atoms with E-state index in [0.717, 1.165) is 18.4 Å². The fraction of sp³-hybridized carbons (Fsp3) is 0.276. The van der Waals surface area contributed by atoms with Crippen molar-refractivity contribution in [1.82, 2.24) is 10.6 Å². The van der Waals surface area contributed by atoms with Gasteiger partial charge >= 0.3 is 12.4 Å². The Morgan fingerprint density at radius 3 is 2.12 bits per heavy atom. The predicted molar refractivity (Wildman–Crippen MR) is 149 cm³/mol. The fourth-order valence-corrected chi connectivity index (χ4v) is 4.86. The molecule has 0 saturated carbocycles. The summed E-state index contributed by atoms with van der Waals surface area (Å²) in [6.45, 7) is 0.464. The highest BCUT2D eigenvalue weighted by Crippen LogP contribution is 2.38. The Labute approximate surface area is 251 Å². The van der Waals surface area contributed by atoms with Gasteiger partial charge in [-0.05, 0) is 67.3 Å². The molecule has 3 amide bonds. The van der Waals surface area contributed by atoms with Crippen LogP contribution in [0, 0.1) is 0 Å². The second-order valence-electron chi connectivity index (χ2n) is 9.83. The van der Waals surface area contributed by atoms with Crippen LogP contribution in [0.5, 0.6) is 0 Å². The fourth-order valence-electron chi connectivity index (χ4n) is 4.56. The molecule has 0 unspecified atom stereocenters. The van der Waals surface area contributed by atoms with Gasteiger partial charge < -0.3 is 15.5 Å². The molecule has 0 radical (unpaired) electrons. The van der Waals surface area contributed by atoms with Gasteiger partial charge in [-0.2, -0.15) is 26.3 Å². The van der Waals surface area contributed by atoms with Crippen LogP contribution in [0.4, 0.5) is 32.0 Å². The van der Waals surface area contributed by atoms with Crippen molar-refractivity contribution in [1.29, 1.82) is 0 Å². The van der Waals surface area contributed by atoms with Crippen LogP contribution in [0.15, 0.2) is 54.6 Å². The van der Waals surface area contributed by atoms with Crippen molar-refractivity contribution in [3.05, 3.63) is 86.9 Å². The number of amides is 3. The average molecular weight is 646 g/mol. The van der Waals surface area contributed by atoms with Gasteiger partial charge in [0.15, 0.2) is 0 Å². The Morgan fingerprint density at radius 2 is 1.51 bits per heavy atom. The van der Waals surface area contributed by atoms with Crippen LogP contribution >= 0.6 is 23.2 Å². The number of carbonyl (C=O) groups is 3. The molecule has 14 heteroatoms. The largest absolute Gasteiger partial charge is 0.416 e. The van der Waals surface area contributed by atoms with Crippen molar-refractivity contribution in [3.63, 3.8) is 0 Å². The van der Waals surface area contributed by atoms with Crippen molar-refractivity contribution in [2.24, 2.45) is 0 Å². The average Bonchev–Trinajstić information content (AvgIpc) is 3.15. The summed E-state index contributed by atoms with van der Waals surface area (Å²) in [6.07, 6.45) is -8.52. The first-order chi connectivity index (χ1) is 20.1. The third-order valence-electron chi connectivity index (χ3n) is 6.83. The molecular weight excluding hydrogens is 623 g/mol. The number of anilines is 1. The maximum Gasteiger partial charge on any atom is 0.416 e. The Hall–Kier alpha value is -3.77. The number of hydrogen-bond acceptors (Lipinski definition) is 3. The molecular formula is C29H23Cl2F6N3O3. The number of rotatable bonds is 5. The molecule has 6 nitrogen and oxygen atoms in total. The first kappa shape index (κ1) is 32.2. The summed E-state index contributed by atoms with van der Waals surface area (Å²) in [6, 6.07) is 8.28. The van der Waals surface area contributed by atoms with E-state index in [1.54, 1.807) is 0 Å². The van der Waals surface area contributed by atoms with E-state index in [9.17, 15) is 40.7 Å². The molecule has 0 spiro atoms. The van der Waals surface area contributed by atoms with Gasteiger partial charge in [0, 0.05) is 30.3 Å². The zero-order chi connectivity index (χ0) is 31.7. The van der Waals surface area contributed by atoms with Crippen molar-refractivity contribution in [2.45, 2.75) is 37.7 Å². The van der Waals surface area contributed by atoms with Crippen LogP contribution in [0.1, 0.15) is 51.1 Å². The van der Waals surface area contributed by atoms with E-state index in [2.05, 4.69) is 10.6 Å². The third-order valence-corrected chi connectivity index (χ3v) is 7.57. The molecule has 0 aromatic heterocycles. The van der Waals surface area contributed by atoms with Gasteiger partial charge in [0.2, 0.25) is 5.91 Å². The second kappa shape index (κ2) is 12.5. The van der Waals surface area contributed by atoms with Crippen LogP contribution in [0.3, 0.4) is 0 Å². The number of halogens is 8. The van der Waals surface area contributed by atoms with Crippen LogP contribution in [-0.2, 0) is 17.1 Å². The Bertz CT molecular complexity index is 1540.